The van der Waals surface area contributed by atoms with Crippen molar-refractivity contribution in [2.45, 2.75) is 44.7 Å². The number of nitrogens with zero attached hydrogens (tertiary/aromatic N) is 5. The van der Waals surface area contributed by atoms with Crippen LogP contribution >= 0.6 is 0 Å². The minimum absolute atomic E-state index is 0.00572. The molecule has 0 saturated heterocycles. The molecule has 0 bridgehead atoms. The zero-order chi connectivity index (χ0) is 22.9. The molecule has 0 unspecified atom stereocenters. The molecule has 10 heteroatoms. The number of aromatic nitrogens is 5. The first-order chi connectivity index (χ1) is 16.0. The van der Waals surface area contributed by atoms with Crippen molar-refractivity contribution in [2.24, 2.45) is 0 Å². The Bertz CT molecular complexity index is 1330. The first kappa shape index (κ1) is 21.0. The fraction of sp³-hybridized carbons (Fsp3) is 0.348. The quantitative estimate of drug-likeness (QED) is 0.481. The second-order valence-electron chi connectivity index (χ2n) is 8.24. The molecule has 33 heavy (non-hydrogen) atoms. The zero-order valence-electron chi connectivity index (χ0n) is 18.4. The van der Waals surface area contributed by atoms with Gasteiger partial charge in [-0.1, -0.05) is 6.07 Å². The highest BCUT2D eigenvalue weighted by atomic mass is 19.1. The average Bonchev–Trinajstić information content (AvgIpc) is 3.14. The van der Waals surface area contributed by atoms with Gasteiger partial charge < -0.3 is 15.4 Å². The van der Waals surface area contributed by atoms with Gasteiger partial charge in [0.25, 0.3) is 0 Å². The van der Waals surface area contributed by atoms with Crippen LogP contribution in [0.15, 0.2) is 36.8 Å². The maximum atomic E-state index is 15.1. The lowest BCUT2D eigenvalue weighted by molar-refractivity contribution is -0.119. The van der Waals surface area contributed by atoms with Crippen molar-refractivity contribution in [2.75, 3.05) is 12.4 Å². The summed E-state index contributed by atoms with van der Waals surface area (Å²) in [4.78, 5) is 24.4. The van der Waals surface area contributed by atoms with Crippen LogP contribution in [-0.4, -0.2) is 49.7 Å². The standard InChI is InChI=1S/C23H24FN7O2/c1-13(32)27-15-4-6-16(7-5-15)28-23-29-22(33-2)21-20(17(24)12-31(21)30-23)14-3-8-18-19(11-14)26-10-9-25-18/h3,8-12,15-16H,4-7H2,1-2H3,(H,27,32)(H,28,30). The Morgan fingerprint density at radius 2 is 1.85 bits per heavy atom. The predicted octanol–water partition coefficient (Wildman–Crippen LogP) is 3.35. The van der Waals surface area contributed by atoms with E-state index in [4.69, 9.17) is 4.74 Å². The van der Waals surface area contributed by atoms with Gasteiger partial charge in [-0.25, -0.2) is 8.91 Å². The summed E-state index contributed by atoms with van der Waals surface area (Å²) in [6.07, 6.45) is 8.05. The minimum atomic E-state index is -0.432. The molecule has 9 nitrogen and oxygen atoms in total. The Balaban J connectivity index is 1.45. The van der Waals surface area contributed by atoms with Gasteiger partial charge in [-0.05, 0) is 43.4 Å². The fourth-order valence-corrected chi connectivity index (χ4v) is 4.47. The highest BCUT2D eigenvalue weighted by molar-refractivity contribution is 5.89. The number of methoxy groups -OCH3 is 1. The predicted molar refractivity (Wildman–Crippen MR) is 122 cm³/mol. The van der Waals surface area contributed by atoms with Crippen LogP contribution in [0.5, 0.6) is 5.88 Å². The maximum absolute atomic E-state index is 15.1. The summed E-state index contributed by atoms with van der Waals surface area (Å²) in [5, 5.41) is 10.8. The van der Waals surface area contributed by atoms with E-state index in [-0.39, 0.29) is 23.9 Å². The van der Waals surface area contributed by atoms with Gasteiger partial charge in [-0.15, -0.1) is 5.10 Å². The summed E-state index contributed by atoms with van der Waals surface area (Å²) in [5.74, 6) is 0.207. The molecule has 2 N–H and O–H groups in total. The largest absolute Gasteiger partial charge is 0.479 e. The normalized spacial score (nSPS) is 18.4. The smallest absolute Gasteiger partial charge is 0.244 e. The summed E-state index contributed by atoms with van der Waals surface area (Å²) >= 11 is 0. The van der Waals surface area contributed by atoms with E-state index >= 15 is 4.39 Å². The van der Waals surface area contributed by atoms with Gasteiger partial charge in [-0.3, -0.25) is 14.8 Å². The summed E-state index contributed by atoms with van der Waals surface area (Å²) in [6.45, 7) is 1.54. The van der Waals surface area contributed by atoms with E-state index in [0.29, 0.717) is 28.1 Å². The number of carbonyl (C=O) groups is 1. The molecule has 3 aromatic heterocycles. The molecule has 4 aromatic rings. The molecule has 3 heterocycles. The third-order valence-corrected chi connectivity index (χ3v) is 5.97. The topological polar surface area (TPSA) is 106 Å². The van der Waals surface area contributed by atoms with Crippen LogP contribution in [0.4, 0.5) is 10.3 Å². The lowest BCUT2D eigenvalue weighted by atomic mass is 9.91. The molecule has 0 spiro atoms. The summed E-state index contributed by atoms with van der Waals surface area (Å²) < 4.78 is 22.1. The monoisotopic (exact) mass is 449 g/mol. The first-order valence-corrected chi connectivity index (χ1v) is 10.9. The van der Waals surface area contributed by atoms with E-state index in [9.17, 15) is 4.79 Å². The van der Waals surface area contributed by atoms with Gasteiger partial charge in [0.2, 0.25) is 17.7 Å². The zero-order valence-corrected chi connectivity index (χ0v) is 18.4. The second-order valence-corrected chi connectivity index (χ2v) is 8.24. The SMILES string of the molecule is COc1nc(NC2CCC(NC(C)=O)CC2)nn2cc(F)c(-c3ccc4nccnc4c3)c12. The van der Waals surface area contributed by atoms with Crippen molar-refractivity contribution in [3.63, 3.8) is 0 Å². The molecule has 5 rings (SSSR count). The fourth-order valence-electron chi connectivity index (χ4n) is 4.47. The number of fused-ring (bicyclic) bond motifs is 2. The number of rotatable bonds is 5. The van der Waals surface area contributed by atoms with Crippen LogP contribution in [0.25, 0.3) is 27.7 Å². The Morgan fingerprint density at radius 1 is 1.12 bits per heavy atom. The highest BCUT2D eigenvalue weighted by Gasteiger charge is 2.24. The summed E-state index contributed by atoms with van der Waals surface area (Å²) in [5.41, 5.74) is 2.83. The van der Waals surface area contributed by atoms with Crippen LogP contribution in [-0.2, 0) is 4.79 Å². The van der Waals surface area contributed by atoms with Crippen LogP contribution in [0.3, 0.4) is 0 Å². The number of benzene rings is 1. The molecule has 0 radical (unpaired) electrons. The van der Waals surface area contributed by atoms with E-state index in [0.717, 1.165) is 31.2 Å². The maximum Gasteiger partial charge on any atom is 0.244 e. The third-order valence-electron chi connectivity index (χ3n) is 5.97. The number of halogens is 1. The van der Waals surface area contributed by atoms with Crippen molar-refractivity contribution in [3.8, 4) is 17.0 Å². The number of hydrogen-bond acceptors (Lipinski definition) is 7. The molecule has 0 atom stereocenters. The summed E-state index contributed by atoms with van der Waals surface area (Å²) in [6, 6.07) is 5.76. The number of anilines is 1. The van der Waals surface area contributed by atoms with E-state index in [2.05, 4.69) is 30.7 Å². The van der Waals surface area contributed by atoms with Gasteiger partial charge >= 0.3 is 0 Å². The van der Waals surface area contributed by atoms with E-state index in [1.54, 1.807) is 30.6 Å². The molecule has 1 aliphatic rings. The van der Waals surface area contributed by atoms with E-state index in [1.165, 1.54) is 24.7 Å². The molecule has 1 amide bonds. The molecular weight excluding hydrogens is 425 g/mol. The van der Waals surface area contributed by atoms with Crippen LogP contribution in [0.1, 0.15) is 32.6 Å². The van der Waals surface area contributed by atoms with Gasteiger partial charge in [-0.2, -0.15) is 4.98 Å². The van der Waals surface area contributed by atoms with E-state index < -0.39 is 5.82 Å². The van der Waals surface area contributed by atoms with Crippen molar-refractivity contribution in [1.82, 2.24) is 29.9 Å². The van der Waals surface area contributed by atoms with Crippen LogP contribution in [0.2, 0.25) is 0 Å². The Hall–Kier alpha value is -3.82. The lowest BCUT2D eigenvalue weighted by Gasteiger charge is -2.29. The molecule has 1 fully saturated rings. The molecule has 0 aliphatic heterocycles. The molecule has 1 saturated carbocycles. The molecular formula is C23H24FN7O2. The van der Waals surface area contributed by atoms with E-state index in [1.807, 2.05) is 0 Å². The van der Waals surface area contributed by atoms with Gasteiger partial charge in [0.05, 0.1) is 29.9 Å². The number of ether oxygens (including phenoxy) is 1. The van der Waals surface area contributed by atoms with Gasteiger partial charge in [0.15, 0.2) is 5.82 Å². The van der Waals surface area contributed by atoms with Crippen LogP contribution in [0, 0.1) is 5.82 Å². The first-order valence-electron chi connectivity index (χ1n) is 10.9. The number of amides is 1. The van der Waals surface area contributed by atoms with Crippen molar-refractivity contribution < 1.29 is 13.9 Å². The Labute approximate surface area is 189 Å². The molecule has 170 valence electrons. The number of hydrogen-bond donors (Lipinski definition) is 2. The lowest BCUT2D eigenvalue weighted by Crippen LogP contribution is -2.39. The number of carbonyl (C=O) groups excluding carboxylic acids is 1. The molecule has 1 aromatic carbocycles. The third kappa shape index (κ3) is 4.15. The second kappa shape index (κ2) is 8.61. The van der Waals surface area contributed by atoms with Crippen molar-refractivity contribution >= 4 is 28.4 Å². The minimum Gasteiger partial charge on any atom is -0.479 e. The van der Waals surface area contributed by atoms with Crippen molar-refractivity contribution in [1.29, 1.82) is 0 Å². The molecule has 1 aliphatic carbocycles. The Morgan fingerprint density at radius 3 is 2.58 bits per heavy atom. The average molecular weight is 449 g/mol. The highest BCUT2D eigenvalue weighted by Crippen LogP contribution is 2.35. The summed E-state index contributed by atoms with van der Waals surface area (Å²) in [7, 11) is 1.51. The van der Waals surface area contributed by atoms with Crippen molar-refractivity contribution in [3.05, 3.63) is 42.6 Å². The van der Waals surface area contributed by atoms with Gasteiger partial charge in [0.1, 0.15) is 5.52 Å². The Kier molecular flexibility index (Phi) is 5.49. The number of nitrogens with one attached hydrogen (secondary N) is 2. The van der Waals surface area contributed by atoms with Crippen LogP contribution < -0.4 is 15.4 Å². The van der Waals surface area contributed by atoms with Gasteiger partial charge in [0, 0.05) is 31.4 Å².